The Bertz CT molecular complexity index is 1350. The maximum atomic E-state index is 15.5. The van der Waals surface area contributed by atoms with E-state index in [1.165, 1.54) is 17.8 Å². The highest BCUT2D eigenvalue weighted by Gasteiger charge is 2.37. The van der Waals surface area contributed by atoms with Crippen LogP contribution >= 0.6 is 11.3 Å². The summed E-state index contributed by atoms with van der Waals surface area (Å²) in [6.07, 6.45) is 0.760. The molecule has 192 valence electrons. The second-order valence-corrected chi connectivity index (χ2v) is 10.9. The molecule has 1 saturated heterocycles. The van der Waals surface area contributed by atoms with Crippen molar-refractivity contribution in [2.75, 3.05) is 29.5 Å². The minimum absolute atomic E-state index is 0.0411. The van der Waals surface area contributed by atoms with Crippen molar-refractivity contribution in [2.24, 2.45) is 0 Å². The number of aromatic nitrogens is 2. The van der Waals surface area contributed by atoms with Gasteiger partial charge in [0.1, 0.15) is 5.82 Å². The zero-order valence-electron chi connectivity index (χ0n) is 19.9. The van der Waals surface area contributed by atoms with Crippen LogP contribution in [-0.4, -0.2) is 55.9 Å². The molecule has 1 atom stereocenters. The van der Waals surface area contributed by atoms with E-state index in [1.807, 2.05) is 25.1 Å². The van der Waals surface area contributed by atoms with Gasteiger partial charge in [0.2, 0.25) is 0 Å². The first-order valence-corrected chi connectivity index (χ1v) is 13.4. The molecule has 13 heteroatoms. The van der Waals surface area contributed by atoms with E-state index in [2.05, 4.69) is 19.7 Å². The highest BCUT2D eigenvalue weighted by molar-refractivity contribution is 7.92. The van der Waals surface area contributed by atoms with Crippen molar-refractivity contribution in [3.05, 3.63) is 63.7 Å². The molecule has 0 spiro atoms. The Morgan fingerprint density at radius 1 is 1.31 bits per heavy atom. The van der Waals surface area contributed by atoms with Gasteiger partial charge >= 0.3 is 16.5 Å². The predicted octanol–water partition coefficient (Wildman–Crippen LogP) is 3.43. The highest BCUT2D eigenvalue weighted by atomic mass is 32.2. The van der Waals surface area contributed by atoms with Crippen LogP contribution in [0.3, 0.4) is 0 Å². The number of rotatable bonds is 9. The first-order chi connectivity index (χ1) is 17.1. The van der Waals surface area contributed by atoms with Gasteiger partial charge in [0.15, 0.2) is 16.5 Å². The number of benzene rings is 1. The molecule has 0 aliphatic carbocycles. The first-order valence-electron chi connectivity index (χ1n) is 11.0. The van der Waals surface area contributed by atoms with Crippen molar-refractivity contribution in [3.63, 3.8) is 0 Å². The molecule has 1 aliphatic heterocycles. The number of anilines is 2. The molecule has 0 bridgehead atoms. The number of nitrogens with zero attached hydrogens (tertiary/aromatic N) is 5. The summed E-state index contributed by atoms with van der Waals surface area (Å²) in [5.41, 5.74) is 3.37. The van der Waals surface area contributed by atoms with E-state index in [0.29, 0.717) is 13.1 Å². The van der Waals surface area contributed by atoms with Crippen molar-refractivity contribution in [2.45, 2.75) is 37.8 Å². The van der Waals surface area contributed by atoms with E-state index >= 15 is 8.78 Å². The van der Waals surface area contributed by atoms with E-state index in [-0.39, 0.29) is 34.1 Å². The van der Waals surface area contributed by atoms with Gasteiger partial charge in [-0.15, -0.1) is 11.3 Å². The molecule has 9 nitrogen and oxygen atoms in total. The molecule has 0 unspecified atom stereocenters. The monoisotopic (exact) mass is 537 g/mol. The summed E-state index contributed by atoms with van der Waals surface area (Å²) in [6.45, 7) is 5.26. The Kier molecular flexibility index (Phi) is 7.52. The predicted molar refractivity (Wildman–Crippen MR) is 131 cm³/mol. The van der Waals surface area contributed by atoms with Crippen molar-refractivity contribution in [1.82, 2.24) is 14.9 Å². The van der Waals surface area contributed by atoms with Crippen LogP contribution in [0.1, 0.15) is 23.4 Å². The van der Waals surface area contributed by atoms with Gasteiger partial charge in [-0.05, 0) is 38.5 Å². The SMILES string of the molecule is Cc1cccc(CN2CC[C@H](N(C)c3cc(F)c(S(=O)(=O)N(OC=O)c4cscn4)c(F)c3C)C2)n1. The molecule has 3 heterocycles. The molecule has 0 N–H and O–H groups in total. The van der Waals surface area contributed by atoms with E-state index in [0.717, 1.165) is 41.8 Å². The third-order valence-electron chi connectivity index (χ3n) is 6.12. The average molecular weight is 538 g/mol. The summed E-state index contributed by atoms with van der Waals surface area (Å²) < 4.78 is 57.0. The third-order valence-corrected chi connectivity index (χ3v) is 8.30. The first kappa shape index (κ1) is 25.9. The van der Waals surface area contributed by atoms with Crippen LogP contribution in [0.15, 0.2) is 40.1 Å². The number of hydrogen-bond acceptors (Lipinski definition) is 9. The van der Waals surface area contributed by atoms with E-state index in [9.17, 15) is 13.2 Å². The zero-order chi connectivity index (χ0) is 26.0. The van der Waals surface area contributed by atoms with Crippen LogP contribution in [0.25, 0.3) is 0 Å². The van der Waals surface area contributed by atoms with Crippen molar-refractivity contribution >= 4 is 39.3 Å². The highest BCUT2D eigenvalue weighted by Crippen LogP contribution is 2.35. The number of halogens is 2. The fourth-order valence-electron chi connectivity index (χ4n) is 4.32. The Morgan fingerprint density at radius 2 is 2.08 bits per heavy atom. The van der Waals surface area contributed by atoms with Gasteiger partial charge in [0, 0.05) is 55.0 Å². The maximum Gasteiger partial charge on any atom is 0.322 e. The van der Waals surface area contributed by atoms with Crippen LogP contribution in [-0.2, 0) is 26.2 Å². The minimum atomic E-state index is -4.94. The second kappa shape index (κ2) is 10.4. The van der Waals surface area contributed by atoms with Gasteiger partial charge in [-0.2, -0.15) is 8.42 Å². The molecular weight excluding hydrogens is 512 g/mol. The largest absolute Gasteiger partial charge is 0.370 e. The fraction of sp³-hybridized carbons (Fsp3) is 0.348. The Hall–Kier alpha value is -3.16. The summed E-state index contributed by atoms with van der Waals surface area (Å²) in [5, 5.41) is 1.27. The number of hydrogen-bond donors (Lipinski definition) is 0. The number of aryl methyl sites for hydroxylation is 1. The minimum Gasteiger partial charge on any atom is -0.370 e. The van der Waals surface area contributed by atoms with Crippen LogP contribution in [0.5, 0.6) is 0 Å². The molecule has 1 aliphatic rings. The molecule has 4 rings (SSSR count). The fourth-order valence-corrected chi connectivity index (χ4v) is 6.24. The quantitative estimate of drug-likeness (QED) is 0.303. The van der Waals surface area contributed by atoms with Crippen LogP contribution in [0.4, 0.5) is 20.3 Å². The number of likely N-dealkylation sites (N-methyl/N-ethyl adjacent to an activating group) is 1. The van der Waals surface area contributed by atoms with Crippen LogP contribution in [0, 0.1) is 25.5 Å². The lowest BCUT2D eigenvalue weighted by molar-refractivity contribution is -0.128. The molecule has 0 radical (unpaired) electrons. The lowest BCUT2D eigenvalue weighted by Crippen LogP contribution is -2.36. The second-order valence-electron chi connectivity index (χ2n) is 8.48. The van der Waals surface area contributed by atoms with Gasteiger partial charge in [-0.25, -0.2) is 13.8 Å². The third kappa shape index (κ3) is 5.04. The van der Waals surface area contributed by atoms with Gasteiger partial charge in [0.05, 0.1) is 11.2 Å². The molecule has 1 aromatic carbocycles. The van der Waals surface area contributed by atoms with E-state index in [1.54, 1.807) is 11.9 Å². The number of likely N-dealkylation sites (tertiary alicyclic amines) is 1. The normalized spacial score (nSPS) is 16.2. The zero-order valence-corrected chi connectivity index (χ0v) is 21.5. The lowest BCUT2D eigenvalue weighted by atomic mass is 10.1. The Balaban J connectivity index is 1.59. The van der Waals surface area contributed by atoms with Gasteiger partial charge in [0.25, 0.3) is 0 Å². The summed E-state index contributed by atoms with van der Waals surface area (Å²) >= 11 is 1.02. The summed E-state index contributed by atoms with van der Waals surface area (Å²) in [6, 6.07) is 6.80. The van der Waals surface area contributed by atoms with Crippen LogP contribution < -0.4 is 9.37 Å². The number of thiazole rings is 1. The Morgan fingerprint density at radius 3 is 2.75 bits per heavy atom. The molecule has 36 heavy (non-hydrogen) atoms. The number of sulfonamides is 1. The molecule has 1 fully saturated rings. The van der Waals surface area contributed by atoms with Gasteiger partial charge in [-0.3, -0.25) is 14.7 Å². The van der Waals surface area contributed by atoms with Crippen LogP contribution in [0.2, 0.25) is 0 Å². The smallest absolute Gasteiger partial charge is 0.322 e. The topological polar surface area (TPSA) is 95.9 Å². The standard InChI is InChI=1S/C23H25F2N5O4S2/c1-15-5-4-6-17(27-15)10-29-8-7-18(11-29)28(3)20-9-19(24)23(22(25)16(20)2)36(32,33)30(34-14-31)21-12-35-13-26-21/h4-6,9,12-14,18H,7-8,10-11H2,1-3H3/t18-/m0/s1. The molecule has 0 amide bonds. The van der Waals surface area contributed by atoms with Crippen molar-refractivity contribution < 1.29 is 26.8 Å². The summed E-state index contributed by atoms with van der Waals surface area (Å²) in [4.78, 5) is 26.5. The van der Waals surface area contributed by atoms with Gasteiger partial charge < -0.3 is 9.74 Å². The maximum absolute atomic E-state index is 15.5. The van der Waals surface area contributed by atoms with Crippen molar-refractivity contribution in [1.29, 1.82) is 0 Å². The molecular formula is C23H25F2N5O4S2. The van der Waals surface area contributed by atoms with E-state index < -0.39 is 26.6 Å². The summed E-state index contributed by atoms with van der Waals surface area (Å²) in [7, 11) is -3.21. The number of carbonyl (C=O) groups excluding carboxylic acids is 1. The van der Waals surface area contributed by atoms with Crippen molar-refractivity contribution in [3.8, 4) is 0 Å². The lowest BCUT2D eigenvalue weighted by Gasteiger charge is -2.29. The number of carbonyl (C=O) groups is 1. The molecule has 2 aromatic heterocycles. The Labute approximate surface area is 212 Å². The molecule has 0 saturated carbocycles. The van der Waals surface area contributed by atoms with Gasteiger partial charge in [-0.1, -0.05) is 10.5 Å². The summed E-state index contributed by atoms with van der Waals surface area (Å²) in [5.74, 6) is -2.85. The van der Waals surface area contributed by atoms with E-state index in [4.69, 9.17) is 0 Å². The average Bonchev–Trinajstić information content (AvgIpc) is 3.52. The number of pyridine rings is 1. The molecule has 3 aromatic rings.